The zero-order valence-electron chi connectivity index (χ0n) is 26.2. The number of rotatable bonds is 7. The second-order valence-electron chi connectivity index (χ2n) is 12.4. The Morgan fingerprint density at radius 1 is 0.841 bits per heavy atom. The van der Waals surface area contributed by atoms with Gasteiger partial charge >= 0.3 is 0 Å². The van der Waals surface area contributed by atoms with Crippen LogP contribution in [0.3, 0.4) is 0 Å². The lowest BCUT2D eigenvalue weighted by atomic mass is 9.70. The van der Waals surface area contributed by atoms with Gasteiger partial charge in [-0.3, -0.25) is 14.7 Å². The van der Waals surface area contributed by atoms with Crippen LogP contribution in [0.5, 0.6) is 11.5 Å². The number of amides is 1. The van der Waals surface area contributed by atoms with Gasteiger partial charge in [0.15, 0.2) is 0 Å². The SMILES string of the molecule is CCOc1cc(C(C)(C)C)ccc1C1=N[C@@](C)(c2ccc(Cl)cc2)[C@@](C)(c2ccc(Cl)cc2)N1C(=O)c1ccc(OC)cc1. The first-order chi connectivity index (χ1) is 20.8. The third kappa shape index (κ3) is 5.48. The largest absolute Gasteiger partial charge is 0.497 e. The van der Waals surface area contributed by atoms with Crippen LogP contribution >= 0.6 is 23.2 Å². The van der Waals surface area contributed by atoms with Crippen LogP contribution < -0.4 is 9.47 Å². The Morgan fingerprint density at radius 2 is 1.41 bits per heavy atom. The van der Waals surface area contributed by atoms with Crippen molar-refractivity contribution in [3.05, 3.63) is 129 Å². The normalized spacial score (nSPS) is 19.9. The van der Waals surface area contributed by atoms with E-state index in [1.54, 1.807) is 31.4 Å². The van der Waals surface area contributed by atoms with Gasteiger partial charge in [-0.1, -0.05) is 74.3 Å². The van der Waals surface area contributed by atoms with Gasteiger partial charge < -0.3 is 9.47 Å². The van der Waals surface area contributed by atoms with E-state index in [0.29, 0.717) is 39.6 Å². The monoisotopic (exact) mass is 628 g/mol. The van der Waals surface area contributed by atoms with Gasteiger partial charge in [0.25, 0.3) is 5.91 Å². The average molecular weight is 630 g/mol. The molecule has 5 rings (SSSR count). The summed E-state index contributed by atoms with van der Waals surface area (Å²) in [7, 11) is 1.60. The fourth-order valence-corrected chi connectivity index (χ4v) is 6.15. The summed E-state index contributed by atoms with van der Waals surface area (Å²) >= 11 is 12.7. The molecule has 1 aliphatic heterocycles. The second-order valence-corrected chi connectivity index (χ2v) is 13.2. The summed E-state index contributed by atoms with van der Waals surface area (Å²) < 4.78 is 11.6. The summed E-state index contributed by atoms with van der Waals surface area (Å²) in [4.78, 5) is 22.2. The van der Waals surface area contributed by atoms with Crippen molar-refractivity contribution in [2.75, 3.05) is 13.7 Å². The number of methoxy groups -OCH3 is 1. The minimum Gasteiger partial charge on any atom is -0.497 e. The van der Waals surface area contributed by atoms with Crippen molar-refractivity contribution < 1.29 is 14.3 Å². The molecule has 0 spiro atoms. The summed E-state index contributed by atoms with van der Waals surface area (Å²) in [5.74, 6) is 1.65. The molecule has 0 aromatic heterocycles. The van der Waals surface area contributed by atoms with Gasteiger partial charge in [-0.05, 0) is 104 Å². The molecule has 5 nitrogen and oxygen atoms in total. The fraction of sp³-hybridized carbons (Fsp3) is 0.297. The van der Waals surface area contributed by atoms with Gasteiger partial charge in [0.1, 0.15) is 28.4 Å². The predicted octanol–water partition coefficient (Wildman–Crippen LogP) is 9.43. The molecular weight excluding hydrogens is 591 g/mol. The van der Waals surface area contributed by atoms with E-state index in [9.17, 15) is 4.79 Å². The van der Waals surface area contributed by atoms with Crippen LogP contribution in [0.1, 0.15) is 74.2 Å². The maximum atomic E-state index is 14.9. The van der Waals surface area contributed by atoms with Gasteiger partial charge in [-0.2, -0.15) is 0 Å². The number of halogens is 2. The summed E-state index contributed by atoms with van der Waals surface area (Å²) in [5, 5.41) is 1.23. The summed E-state index contributed by atoms with van der Waals surface area (Å²) in [5.41, 5.74) is 2.12. The Kier molecular flexibility index (Phi) is 8.58. The van der Waals surface area contributed by atoms with Crippen LogP contribution in [-0.4, -0.2) is 30.4 Å². The molecule has 4 aromatic rings. The van der Waals surface area contributed by atoms with Crippen LogP contribution in [-0.2, 0) is 16.5 Å². The lowest BCUT2D eigenvalue weighted by Gasteiger charge is -2.45. The van der Waals surface area contributed by atoms with Crippen molar-refractivity contribution in [3.63, 3.8) is 0 Å². The Morgan fingerprint density at radius 3 is 1.93 bits per heavy atom. The molecule has 44 heavy (non-hydrogen) atoms. The number of ether oxygens (including phenoxy) is 2. The molecule has 1 heterocycles. The van der Waals surface area contributed by atoms with Gasteiger partial charge in [0.2, 0.25) is 0 Å². The third-order valence-corrected chi connectivity index (χ3v) is 9.18. The van der Waals surface area contributed by atoms with Gasteiger partial charge in [-0.25, -0.2) is 0 Å². The summed E-state index contributed by atoms with van der Waals surface area (Å²) in [6, 6.07) is 28.6. The van der Waals surface area contributed by atoms with Crippen molar-refractivity contribution in [3.8, 4) is 11.5 Å². The van der Waals surface area contributed by atoms with Crippen molar-refractivity contribution in [2.24, 2.45) is 4.99 Å². The number of carbonyl (C=O) groups excluding carboxylic acids is 1. The third-order valence-electron chi connectivity index (χ3n) is 8.68. The van der Waals surface area contributed by atoms with Gasteiger partial charge in [0, 0.05) is 15.6 Å². The molecule has 0 saturated carbocycles. The number of nitrogens with zero attached hydrogens (tertiary/aromatic N) is 2. The van der Waals surface area contributed by atoms with E-state index in [4.69, 9.17) is 37.7 Å². The molecule has 0 fully saturated rings. The molecule has 1 amide bonds. The Balaban J connectivity index is 1.84. The first kappa shape index (κ1) is 31.6. The van der Waals surface area contributed by atoms with Crippen molar-refractivity contribution in [1.29, 1.82) is 0 Å². The second kappa shape index (κ2) is 11.9. The predicted molar refractivity (Wildman–Crippen MR) is 180 cm³/mol. The zero-order chi connectivity index (χ0) is 31.9. The molecule has 228 valence electrons. The topological polar surface area (TPSA) is 51.1 Å². The van der Waals surface area contributed by atoms with Crippen LogP contribution in [0.2, 0.25) is 10.0 Å². The number of carbonyl (C=O) groups is 1. The standard InChI is InChI=1S/C37H38Cl2N2O3/c1-8-44-32-23-27(35(2,3)4)15-22-31(32)33-40-36(5,25-11-16-28(38)17-12-25)37(6,26-13-18-29(39)19-14-26)41(33)34(42)24-9-20-30(43-7)21-10-24/h9-23H,8H2,1-7H3/t36-,37+/m0/s1. The van der Waals surface area contributed by atoms with E-state index in [0.717, 1.165) is 22.3 Å². The molecule has 2 atom stereocenters. The van der Waals surface area contributed by atoms with E-state index in [1.165, 1.54) is 0 Å². The number of hydrogen-bond acceptors (Lipinski definition) is 4. The first-order valence-electron chi connectivity index (χ1n) is 14.7. The molecule has 0 saturated heterocycles. The van der Waals surface area contributed by atoms with Gasteiger partial charge in [-0.15, -0.1) is 0 Å². The highest BCUT2D eigenvalue weighted by Crippen LogP contribution is 2.54. The maximum Gasteiger partial charge on any atom is 0.260 e. The lowest BCUT2D eigenvalue weighted by Crippen LogP contribution is -2.55. The number of aliphatic imine (C=N–C) groups is 1. The van der Waals surface area contributed by atoms with E-state index in [1.807, 2.05) is 66.4 Å². The van der Waals surface area contributed by atoms with E-state index in [-0.39, 0.29) is 11.3 Å². The minimum absolute atomic E-state index is 0.101. The first-order valence-corrected chi connectivity index (χ1v) is 15.5. The number of hydrogen-bond donors (Lipinski definition) is 0. The highest BCUT2D eigenvalue weighted by molar-refractivity contribution is 6.30. The molecule has 7 heteroatoms. The number of amidine groups is 1. The summed E-state index contributed by atoms with van der Waals surface area (Å²) in [6.07, 6.45) is 0. The van der Waals surface area contributed by atoms with E-state index in [2.05, 4.69) is 46.8 Å². The highest BCUT2D eigenvalue weighted by Gasteiger charge is 2.59. The lowest BCUT2D eigenvalue weighted by molar-refractivity contribution is 0.0616. The zero-order valence-corrected chi connectivity index (χ0v) is 27.8. The smallest absolute Gasteiger partial charge is 0.260 e. The molecule has 4 aromatic carbocycles. The molecule has 0 aliphatic carbocycles. The molecule has 0 N–H and O–H groups in total. The number of benzene rings is 4. The summed E-state index contributed by atoms with van der Waals surface area (Å²) in [6.45, 7) is 13.0. The fourth-order valence-electron chi connectivity index (χ4n) is 5.90. The average Bonchev–Trinajstić information content (AvgIpc) is 3.25. The Bertz CT molecular complexity index is 1690. The van der Waals surface area contributed by atoms with Gasteiger partial charge in [0.05, 0.1) is 19.3 Å². The molecule has 0 bridgehead atoms. The molecule has 0 unspecified atom stereocenters. The van der Waals surface area contributed by atoms with Crippen LogP contribution in [0.4, 0.5) is 0 Å². The highest BCUT2D eigenvalue weighted by atomic mass is 35.5. The quantitative estimate of drug-likeness (QED) is 0.205. The molecule has 0 radical (unpaired) electrons. The maximum absolute atomic E-state index is 14.9. The Labute approximate surface area is 270 Å². The van der Waals surface area contributed by atoms with E-state index < -0.39 is 11.1 Å². The Hall–Kier alpha value is -3.80. The van der Waals surface area contributed by atoms with Crippen LogP contribution in [0.25, 0.3) is 0 Å². The van der Waals surface area contributed by atoms with Crippen molar-refractivity contribution in [1.82, 2.24) is 4.90 Å². The van der Waals surface area contributed by atoms with Crippen LogP contribution in [0, 0.1) is 0 Å². The van der Waals surface area contributed by atoms with Crippen LogP contribution in [0.15, 0.2) is 96.0 Å². The molecule has 1 aliphatic rings. The minimum atomic E-state index is -0.996. The molecular formula is C37H38Cl2N2O3. The van der Waals surface area contributed by atoms with E-state index >= 15 is 0 Å². The van der Waals surface area contributed by atoms with Crippen molar-refractivity contribution >= 4 is 34.9 Å². The van der Waals surface area contributed by atoms with Crippen molar-refractivity contribution in [2.45, 2.75) is 58.0 Å².